The van der Waals surface area contributed by atoms with Crippen LogP contribution in [0.25, 0.3) is 44.7 Å². The lowest BCUT2D eigenvalue weighted by atomic mass is 9.98. The fourth-order valence-corrected chi connectivity index (χ4v) is 6.36. The summed E-state index contributed by atoms with van der Waals surface area (Å²) >= 11 is 0. The summed E-state index contributed by atoms with van der Waals surface area (Å²) in [4.78, 5) is 18.5. The summed E-state index contributed by atoms with van der Waals surface area (Å²) in [6.45, 7) is 7.85. The molecule has 200 valence electrons. The van der Waals surface area contributed by atoms with Crippen molar-refractivity contribution in [1.82, 2.24) is 30.0 Å². The number of piperidine rings is 2. The van der Waals surface area contributed by atoms with E-state index >= 15 is 0 Å². The molecule has 3 aromatic heterocycles. The minimum atomic E-state index is 0.714. The Morgan fingerprint density at radius 1 is 0.846 bits per heavy atom. The van der Waals surface area contributed by atoms with Crippen LogP contribution in [0.15, 0.2) is 48.7 Å². The van der Waals surface area contributed by atoms with Crippen LogP contribution in [0, 0.1) is 0 Å². The Bertz CT molecular complexity index is 1600. The number of aromatic nitrogens is 5. The average Bonchev–Trinajstić information content (AvgIpc) is 3.61. The summed E-state index contributed by atoms with van der Waals surface area (Å²) < 4.78 is 0. The second-order valence-corrected chi connectivity index (χ2v) is 11.2. The van der Waals surface area contributed by atoms with E-state index in [4.69, 9.17) is 9.97 Å². The highest BCUT2D eigenvalue weighted by atomic mass is 15.2. The molecule has 0 radical (unpaired) electrons. The van der Waals surface area contributed by atoms with E-state index in [9.17, 15) is 0 Å². The summed E-state index contributed by atoms with van der Waals surface area (Å²) in [5.74, 6) is 0.809. The molecule has 5 aromatic rings. The van der Waals surface area contributed by atoms with Crippen LogP contribution in [0.5, 0.6) is 0 Å². The minimum Gasteiger partial charge on any atom is -0.370 e. The Morgan fingerprint density at radius 3 is 2.46 bits per heavy atom. The van der Waals surface area contributed by atoms with Crippen LogP contribution in [0.3, 0.4) is 0 Å². The number of aryl methyl sites for hydroxylation is 1. The molecule has 7 rings (SSSR count). The largest absolute Gasteiger partial charge is 0.370 e. The van der Waals surface area contributed by atoms with Gasteiger partial charge in [-0.25, -0.2) is 9.97 Å². The number of likely N-dealkylation sites (tertiary alicyclic amines) is 1. The molecule has 2 N–H and O–H groups in total. The Morgan fingerprint density at radius 2 is 1.64 bits per heavy atom. The standard InChI is InChI=1S/C32H37N7/c1-2-22-16-23(21-38-12-5-3-6-13-38)18-24(17-22)25-19-26-29(36-37-31(26)33-20-25)32-34-27-10-9-11-28(30(27)35-32)39-14-7-4-8-15-39/h9-11,16-20H,2-8,12-15,21H2,1H3,(H,34,35)(H,33,36,37). The van der Waals surface area contributed by atoms with Crippen LogP contribution in [-0.2, 0) is 13.0 Å². The third-order valence-electron chi connectivity index (χ3n) is 8.48. The maximum absolute atomic E-state index is 5.09. The van der Waals surface area contributed by atoms with Gasteiger partial charge < -0.3 is 9.88 Å². The van der Waals surface area contributed by atoms with Gasteiger partial charge in [0.1, 0.15) is 11.2 Å². The van der Waals surface area contributed by atoms with E-state index in [0.29, 0.717) is 5.65 Å². The normalized spacial score (nSPS) is 16.9. The quantitative estimate of drug-likeness (QED) is 0.261. The van der Waals surface area contributed by atoms with Crippen LogP contribution in [-0.4, -0.2) is 56.2 Å². The van der Waals surface area contributed by atoms with Crippen molar-refractivity contribution in [2.45, 2.75) is 58.4 Å². The first-order valence-electron chi connectivity index (χ1n) is 14.7. The van der Waals surface area contributed by atoms with Crippen molar-refractivity contribution in [2.24, 2.45) is 0 Å². The summed E-state index contributed by atoms with van der Waals surface area (Å²) in [5.41, 5.74) is 10.00. The van der Waals surface area contributed by atoms with Gasteiger partial charge >= 0.3 is 0 Å². The molecule has 0 spiro atoms. The number of hydrogen-bond acceptors (Lipinski definition) is 5. The fourth-order valence-electron chi connectivity index (χ4n) is 6.36. The summed E-state index contributed by atoms with van der Waals surface area (Å²) in [6.07, 6.45) is 10.8. The van der Waals surface area contributed by atoms with Gasteiger partial charge in [0, 0.05) is 31.4 Å². The van der Waals surface area contributed by atoms with Crippen LogP contribution >= 0.6 is 0 Å². The SMILES string of the molecule is CCc1cc(CN2CCCCC2)cc(-c2cnc3n[nH]c(-c4nc5c(N6CCCCC6)cccc5[nH]4)c3c2)c1. The van der Waals surface area contributed by atoms with Crippen molar-refractivity contribution in [3.63, 3.8) is 0 Å². The van der Waals surface area contributed by atoms with E-state index in [1.54, 1.807) is 0 Å². The molecule has 0 saturated carbocycles. The number of imidazole rings is 1. The Labute approximate surface area is 229 Å². The number of hydrogen-bond donors (Lipinski definition) is 2. The van der Waals surface area contributed by atoms with E-state index in [2.05, 4.69) is 74.4 Å². The number of para-hydroxylation sites is 1. The van der Waals surface area contributed by atoms with E-state index in [1.165, 1.54) is 74.0 Å². The van der Waals surface area contributed by atoms with Gasteiger partial charge in [0.15, 0.2) is 11.5 Å². The number of anilines is 1. The monoisotopic (exact) mass is 519 g/mol. The van der Waals surface area contributed by atoms with Gasteiger partial charge in [0.25, 0.3) is 0 Å². The molecule has 2 fully saturated rings. The van der Waals surface area contributed by atoms with Crippen molar-refractivity contribution in [2.75, 3.05) is 31.1 Å². The summed E-state index contributed by atoms with van der Waals surface area (Å²) in [5, 5.41) is 8.75. The number of rotatable bonds is 6. The predicted octanol–water partition coefficient (Wildman–Crippen LogP) is 6.71. The summed E-state index contributed by atoms with van der Waals surface area (Å²) in [6, 6.07) is 15.7. The highest BCUT2D eigenvalue weighted by Crippen LogP contribution is 2.33. The Balaban J connectivity index is 1.25. The molecule has 7 nitrogen and oxygen atoms in total. The molecular formula is C32H37N7. The molecular weight excluding hydrogens is 482 g/mol. The Kier molecular flexibility index (Phi) is 6.52. The molecule has 0 unspecified atom stereocenters. The first-order valence-corrected chi connectivity index (χ1v) is 14.7. The lowest BCUT2D eigenvalue weighted by Crippen LogP contribution is -2.29. The first kappa shape index (κ1) is 24.3. The molecule has 2 aliphatic rings. The number of nitrogens with one attached hydrogen (secondary N) is 2. The van der Waals surface area contributed by atoms with Gasteiger partial charge in [-0.3, -0.25) is 10.00 Å². The smallest absolute Gasteiger partial charge is 0.181 e. The number of nitrogens with zero attached hydrogens (tertiary/aromatic N) is 5. The van der Waals surface area contributed by atoms with Crippen molar-refractivity contribution < 1.29 is 0 Å². The van der Waals surface area contributed by atoms with Crippen LogP contribution in [0.1, 0.15) is 56.6 Å². The molecule has 5 heterocycles. The molecule has 2 aromatic carbocycles. The predicted molar refractivity (Wildman–Crippen MR) is 159 cm³/mol. The molecule has 2 saturated heterocycles. The average molecular weight is 520 g/mol. The van der Waals surface area contributed by atoms with Crippen LogP contribution in [0.4, 0.5) is 5.69 Å². The zero-order valence-corrected chi connectivity index (χ0v) is 22.8. The number of fused-ring (bicyclic) bond motifs is 2. The lowest BCUT2D eigenvalue weighted by molar-refractivity contribution is 0.221. The number of benzene rings is 2. The topological polar surface area (TPSA) is 76.7 Å². The van der Waals surface area contributed by atoms with Crippen molar-refractivity contribution in [3.05, 3.63) is 59.8 Å². The van der Waals surface area contributed by atoms with Gasteiger partial charge in [-0.15, -0.1) is 0 Å². The molecule has 0 bridgehead atoms. The first-order chi connectivity index (χ1) is 19.2. The number of aromatic amines is 2. The Hall–Kier alpha value is -3.71. The molecule has 2 aliphatic heterocycles. The molecule has 0 amide bonds. The van der Waals surface area contributed by atoms with E-state index in [-0.39, 0.29) is 0 Å². The highest BCUT2D eigenvalue weighted by Gasteiger charge is 2.19. The second-order valence-electron chi connectivity index (χ2n) is 11.2. The number of pyridine rings is 1. The van der Waals surface area contributed by atoms with Gasteiger partial charge in [0.2, 0.25) is 0 Å². The maximum atomic E-state index is 5.09. The van der Waals surface area contributed by atoms with Gasteiger partial charge in [-0.05, 0) is 92.6 Å². The van der Waals surface area contributed by atoms with Crippen molar-refractivity contribution in [1.29, 1.82) is 0 Å². The minimum absolute atomic E-state index is 0.714. The van der Waals surface area contributed by atoms with Gasteiger partial charge in [-0.1, -0.05) is 31.5 Å². The van der Waals surface area contributed by atoms with E-state index in [0.717, 1.165) is 59.6 Å². The molecule has 7 heteroatoms. The van der Waals surface area contributed by atoms with Gasteiger partial charge in [0.05, 0.1) is 16.6 Å². The van der Waals surface area contributed by atoms with Crippen LogP contribution in [0.2, 0.25) is 0 Å². The van der Waals surface area contributed by atoms with E-state index < -0.39 is 0 Å². The lowest BCUT2D eigenvalue weighted by Gasteiger charge is -2.28. The molecule has 39 heavy (non-hydrogen) atoms. The van der Waals surface area contributed by atoms with Crippen molar-refractivity contribution in [3.8, 4) is 22.6 Å². The molecule has 0 atom stereocenters. The van der Waals surface area contributed by atoms with Gasteiger partial charge in [-0.2, -0.15) is 5.10 Å². The zero-order chi connectivity index (χ0) is 26.2. The number of H-pyrrole nitrogens is 2. The zero-order valence-electron chi connectivity index (χ0n) is 22.8. The third-order valence-corrected chi connectivity index (χ3v) is 8.48. The third kappa shape index (κ3) is 4.80. The fraction of sp³-hybridized carbons (Fsp3) is 0.406. The van der Waals surface area contributed by atoms with E-state index in [1.807, 2.05) is 6.20 Å². The van der Waals surface area contributed by atoms with Crippen LogP contribution < -0.4 is 4.90 Å². The summed E-state index contributed by atoms with van der Waals surface area (Å²) in [7, 11) is 0. The highest BCUT2D eigenvalue weighted by molar-refractivity contribution is 5.96. The maximum Gasteiger partial charge on any atom is 0.181 e. The van der Waals surface area contributed by atoms with Crippen molar-refractivity contribution >= 4 is 27.8 Å². The molecule has 0 aliphatic carbocycles. The second kappa shape index (κ2) is 10.5.